The van der Waals surface area contributed by atoms with E-state index >= 15 is 0 Å². The molecule has 1 N–H and O–H groups in total. The Bertz CT molecular complexity index is 876. The zero-order chi connectivity index (χ0) is 16.2. The van der Waals surface area contributed by atoms with Gasteiger partial charge in [0.15, 0.2) is 5.75 Å². The van der Waals surface area contributed by atoms with Gasteiger partial charge in [0.25, 0.3) is 0 Å². The summed E-state index contributed by atoms with van der Waals surface area (Å²) in [6.45, 7) is 3.45. The van der Waals surface area contributed by atoms with Crippen molar-refractivity contribution in [2.75, 3.05) is 5.32 Å². The Morgan fingerprint density at radius 1 is 1.17 bits per heavy atom. The highest BCUT2D eigenvalue weighted by atomic mass is 35.5. The summed E-state index contributed by atoms with van der Waals surface area (Å²) >= 11 is 5.88. The predicted octanol–water partition coefficient (Wildman–Crippen LogP) is 4.81. The maximum Gasteiger partial charge on any atom is 0.247 e. The Labute approximate surface area is 138 Å². The monoisotopic (exact) mass is 324 g/mol. The van der Waals surface area contributed by atoms with Crippen LogP contribution >= 0.6 is 11.6 Å². The largest absolute Gasteiger partial charge is 0.455 e. The van der Waals surface area contributed by atoms with Crippen molar-refractivity contribution in [2.45, 2.75) is 0 Å². The Kier molecular flexibility index (Phi) is 4.26. The van der Waals surface area contributed by atoms with Gasteiger partial charge in [-0.3, -0.25) is 9.78 Å². The molecule has 0 spiro atoms. The van der Waals surface area contributed by atoms with Crippen LogP contribution in [0.25, 0.3) is 10.9 Å². The molecule has 0 fully saturated rings. The van der Waals surface area contributed by atoms with Gasteiger partial charge in [-0.25, -0.2) is 0 Å². The number of nitrogens with one attached hydrogen (secondary N) is 1. The molecule has 3 aromatic rings. The molecule has 0 radical (unpaired) electrons. The van der Waals surface area contributed by atoms with Crippen molar-refractivity contribution in [1.82, 2.24) is 4.98 Å². The molecule has 0 unspecified atom stereocenters. The fourth-order valence-corrected chi connectivity index (χ4v) is 2.28. The van der Waals surface area contributed by atoms with Crippen LogP contribution in [-0.4, -0.2) is 10.9 Å². The molecule has 1 heterocycles. The van der Waals surface area contributed by atoms with Gasteiger partial charge < -0.3 is 10.1 Å². The number of benzene rings is 2. The minimum absolute atomic E-state index is 0.276. The average molecular weight is 325 g/mol. The molecule has 0 saturated carbocycles. The second kappa shape index (κ2) is 6.50. The van der Waals surface area contributed by atoms with E-state index in [1.807, 2.05) is 6.07 Å². The number of aromatic nitrogens is 1. The smallest absolute Gasteiger partial charge is 0.247 e. The summed E-state index contributed by atoms with van der Waals surface area (Å²) in [4.78, 5) is 15.9. The molecule has 0 bridgehead atoms. The van der Waals surface area contributed by atoms with Crippen LogP contribution in [0.3, 0.4) is 0 Å². The lowest BCUT2D eigenvalue weighted by Crippen LogP contribution is -2.07. The Hall–Kier alpha value is -2.85. The number of pyridine rings is 1. The van der Waals surface area contributed by atoms with Crippen molar-refractivity contribution in [3.8, 4) is 11.5 Å². The van der Waals surface area contributed by atoms with Gasteiger partial charge in [-0.05, 0) is 54.6 Å². The molecule has 4 nitrogen and oxygen atoms in total. The number of amides is 1. The van der Waals surface area contributed by atoms with Crippen LogP contribution in [0, 0.1) is 0 Å². The first kappa shape index (κ1) is 15.1. The molecule has 0 aliphatic heterocycles. The number of carbonyl (C=O) groups excluding carboxylic acids is 1. The minimum atomic E-state index is -0.276. The maximum absolute atomic E-state index is 11.5. The van der Waals surface area contributed by atoms with E-state index in [1.54, 1.807) is 48.7 Å². The summed E-state index contributed by atoms with van der Waals surface area (Å²) in [6, 6.07) is 14.3. The number of fused-ring (bicyclic) bond motifs is 1. The van der Waals surface area contributed by atoms with E-state index in [-0.39, 0.29) is 5.91 Å². The summed E-state index contributed by atoms with van der Waals surface area (Å²) in [7, 11) is 0. The molecule has 2 aromatic carbocycles. The fraction of sp³-hybridized carbons (Fsp3) is 0. The predicted molar refractivity (Wildman–Crippen MR) is 92.1 cm³/mol. The highest BCUT2D eigenvalue weighted by Gasteiger charge is 2.10. The zero-order valence-corrected chi connectivity index (χ0v) is 12.9. The fourth-order valence-electron chi connectivity index (χ4n) is 2.15. The summed E-state index contributed by atoms with van der Waals surface area (Å²) in [6.07, 6.45) is 2.90. The van der Waals surface area contributed by atoms with Crippen molar-refractivity contribution < 1.29 is 9.53 Å². The van der Waals surface area contributed by atoms with E-state index in [2.05, 4.69) is 16.9 Å². The summed E-state index contributed by atoms with van der Waals surface area (Å²) in [5.74, 6) is 0.977. The van der Waals surface area contributed by atoms with Crippen LogP contribution in [0.15, 0.2) is 67.4 Å². The Morgan fingerprint density at radius 2 is 1.96 bits per heavy atom. The topological polar surface area (TPSA) is 51.2 Å². The summed E-state index contributed by atoms with van der Waals surface area (Å²) in [5, 5.41) is 4.19. The molecular weight excluding hydrogens is 312 g/mol. The third-order valence-corrected chi connectivity index (χ3v) is 3.47. The molecule has 23 heavy (non-hydrogen) atoms. The lowest BCUT2D eigenvalue weighted by molar-refractivity contribution is -0.111. The molecule has 1 aromatic heterocycles. The number of halogens is 1. The van der Waals surface area contributed by atoms with Gasteiger partial charge >= 0.3 is 0 Å². The van der Waals surface area contributed by atoms with E-state index < -0.39 is 0 Å². The van der Waals surface area contributed by atoms with Crippen LogP contribution in [0.5, 0.6) is 11.5 Å². The molecule has 1 amide bonds. The summed E-state index contributed by atoms with van der Waals surface area (Å²) in [5.41, 5.74) is 1.31. The number of anilines is 1. The van der Waals surface area contributed by atoms with Gasteiger partial charge in [-0.2, -0.15) is 0 Å². The van der Waals surface area contributed by atoms with Gasteiger partial charge in [0.1, 0.15) is 11.3 Å². The Morgan fingerprint density at radius 3 is 2.70 bits per heavy atom. The van der Waals surface area contributed by atoms with E-state index in [0.29, 0.717) is 27.7 Å². The lowest BCUT2D eigenvalue weighted by Gasteiger charge is -2.12. The van der Waals surface area contributed by atoms with Crippen LogP contribution in [-0.2, 0) is 4.79 Å². The zero-order valence-electron chi connectivity index (χ0n) is 12.1. The highest BCUT2D eigenvalue weighted by Crippen LogP contribution is 2.33. The number of hydrogen-bond donors (Lipinski definition) is 1. The highest BCUT2D eigenvalue weighted by molar-refractivity contribution is 6.30. The normalized spacial score (nSPS) is 10.3. The van der Waals surface area contributed by atoms with Crippen molar-refractivity contribution in [3.63, 3.8) is 0 Å². The van der Waals surface area contributed by atoms with Crippen molar-refractivity contribution in [1.29, 1.82) is 0 Å². The van der Waals surface area contributed by atoms with Gasteiger partial charge in [-0.15, -0.1) is 0 Å². The molecule has 0 aliphatic rings. The first-order valence-electron chi connectivity index (χ1n) is 6.92. The number of rotatable bonds is 4. The number of nitrogens with zero attached hydrogens (tertiary/aromatic N) is 1. The third-order valence-electron chi connectivity index (χ3n) is 3.22. The van der Waals surface area contributed by atoms with Gasteiger partial charge in [0.05, 0.1) is 5.69 Å². The molecule has 5 heteroatoms. The number of hydrogen-bond acceptors (Lipinski definition) is 3. The molecule has 0 atom stereocenters. The van der Waals surface area contributed by atoms with Crippen LogP contribution < -0.4 is 10.1 Å². The van der Waals surface area contributed by atoms with Crippen LogP contribution in [0.4, 0.5) is 5.69 Å². The van der Waals surface area contributed by atoms with E-state index in [1.165, 1.54) is 6.08 Å². The van der Waals surface area contributed by atoms with Crippen molar-refractivity contribution >= 4 is 34.1 Å². The Balaban J connectivity index is 2.02. The summed E-state index contributed by atoms with van der Waals surface area (Å²) < 4.78 is 5.88. The van der Waals surface area contributed by atoms with Gasteiger partial charge in [0, 0.05) is 16.6 Å². The SMILES string of the molecule is C=CC(=O)Nc1ccc(Oc2ccc(Cl)cc2)c2ncccc12. The second-order valence-electron chi connectivity index (χ2n) is 4.76. The molecule has 0 aliphatic carbocycles. The maximum atomic E-state index is 11.5. The third kappa shape index (κ3) is 3.33. The molecule has 0 saturated heterocycles. The molecular formula is C18H13ClN2O2. The van der Waals surface area contributed by atoms with E-state index in [4.69, 9.17) is 16.3 Å². The lowest BCUT2D eigenvalue weighted by atomic mass is 10.1. The average Bonchev–Trinajstić information content (AvgIpc) is 2.59. The van der Waals surface area contributed by atoms with E-state index in [9.17, 15) is 4.79 Å². The van der Waals surface area contributed by atoms with Crippen LogP contribution in [0.1, 0.15) is 0 Å². The first-order valence-corrected chi connectivity index (χ1v) is 7.30. The molecule has 3 rings (SSSR count). The molecule has 114 valence electrons. The minimum Gasteiger partial charge on any atom is -0.455 e. The van der Waals surface area contributed by atoms with Crippen molar-refractivity contribution in [2.24, 2.45) is 0 Å². The second-order valence-corrected chi connectivity index (χ2v) is 5.20. The van der Waals surface area contributed by atoms with Gasteiger partial charge in [0.2, 0.25) is 5.91 Å². The number of ether oxygens (including phenoxy) is 1. The van der Waals surface area contributed by atoms with E-state index in [0.717, 1.165) is 5.39 Å². The van der Waals surface area contributed by atoms with Crippen LogP contribution in [0.2, 0.25) is 5.02 Å². The van der Waals surface area contributed by atoms with Gasteiger partial charge in [-0.1, -0.05) is 18.2 Å². The van der Waals surface area contributed by atoms with Crippen molar-refractivity contribution in [3.05, 3.63) is 72.4 Å². The first-order chi connectivity index (χ1) is 11.2. The standard InChI is InChI=1S/C18H13ClN2O2/c1-2-17(22)21-15-9-10-16(18-14(15)4-3-11-20-18)23-13-7-5-12(19)6-8-13/h2-11H,1H2,(H,21,22). The quantitative estimate of drug-likeness (QED) is 0.701. The number of carbonyl (C=O) groups is 1.